The molecule has 0 rings (SSSR count). The van der Waals surface area contributed by atoms with Gasteiger partial charge in [-0.05, 0) is 6.42 Å². The molecule has 0 atom stereocenters. The lowest BCUT2D eigenvalue weighted by molar-refractivity contribution is 0.177. The fourth-order valence-corrected chi connectivity index (χ4v) is 2.18. The van der Waals surface area contributed by atoms with Crippen LogP contribution in [0, 0.1) is 5.41 Å². The number of halogens is 1. The number of thioether (sulfide) groups is 1. The highest BCUT2D eigenvalue weighted by Gasteiger charge is 1.94. The Balaban J connectivity index is 0. The van der Waals surface area contributed by atoms with Crippen LogP contribution in [-0.2, 0) is 4.74 Å². The lowest BCUT2D eigenvalue weighted by Crippen LogP contribution is -2.06. The number of hydrogen-bond acceptors (Lipinski definition) is 3. The summed E-state index contributed by atoms with van der Waals surface area (Å²) in [7, 11) is 0. The maximum Gasteiger partial charge on any atom is 0.153 e. The summed E-state index contributed by atoms with van der Waals surface area (Å²) in [6.45, 7) is 3.06. The van der Waals surface area contributed by atoms with E-state index in [1.165, 1.54) is 69.5 Å². The van der Waals surface area contributed by atoms with E-state index in [-0.39, 0.29) is 17.6 Å². The molecule has 19 heavy (non-hydrogen) atoms. The van der Waals surface area contributed by atoms with Crippen LogP contribution in [0.5, 0.6) is 0 Å². The molecular weight excluding hydrogens is 280 g/mol. The van der Waals surface area contributed by atoms with Crippen LogP contribution < -0.4 is 5.73 Å². The van der Waals surface area contributed by atoms with Gasteiger partial charge in [-0.2, -0.15) is 0 Å². The Hall–Kier alpha value is 0.0700. The van der Waals surface area contributed by atoms with Crippen LogP contribution >= 0.6 is 24.2 Å². The van der Waals surface area contributed by atoms with E-state index in [0.29, 0.717) is 5.94 Å². The average molecular weight is 311 g/mol. The first-order valence-corrected chi connectivity index (χ1v) is 8.30. The minimum absolute atomic E-state index is 0. The van der Waals surface area contributed by atoms with Crippen molar-refractivity contribution < 1.29 is 4.74 Å². The summed E-state index contributed by atoms with van der Waals surface area (Å²) in [6.07, 6.45) is 13.5. The summed E-state index contributed by atoms with van der Waals surface area (Å²) in [5.41, 5.74) is 5.20. The zero-order chi connectivity index (χ0) is 13.5. The normalized spacial score (nSPS) is 10.2. The lowest BCUT2D eigenvalue weighted by atomic mass is 10.1. The van der Waals surface area contributed by atoms with Gasteiger partial charge < -0.3 is 10.5 Å². The van der Waals surface area contributed by atoms with Gasteiger partial charge in [-0.15, -0.1) is 12.4 Å². The number of amidine groups is 1. The minimum Gasteiger partial charge on any atom is -0.379 e. The largest absolute Gasteiger partial charge is 0.379 e. The van der Waals surface area contributed by atoms with Gasteiger partial charge in [0, 0.05) is 6.61 Å². The maximum atomic E-state index is 7.01. The number of unbranched alkanes of at least 4 members (excludes halogenated alkanes) is 9. The van der Waals surface area contributed by atoms with Crippen LogP contribution in [0.15, 0.2) is 0 Å². The van der Waals surface area contributed by atoms with Crippen LogP contribution in [-0.4, -0.2) is 17.7 Å². The molecule has 0 bridgehead atoms. The molecule has 0 radical (unpaired) electrons. The summed E-state index contributed by atoms with van der Waals surface area (Å²) in [6, 6.07) is 0. The van der Waals surface area contributed by atoms with E-state index in [1.807, 2.05) is 0 Å². The maximum absolute atomic E-state index is 7.01. The third-order valence-corrected chi connectivity index (χ3v) is 3.54. The van der Waals surface area contributed by atoms with E-state index >= 15 is 0 Å². The van der Waals surface area contributed by atoms with Crippen LogP contribution in [0.4, 0.5) is 0 Å². The highest BCUT2D eigenvalue weighted by molar-refractivity contribution is 8.13. The van der Waals surface area contributed by atoms with Crippen molar-refractivity contribution in [3.05, 3.63) is 0 Å². The molecular formula is C14H31ClN2OS. The van der Waals surface area contributed by atoms with Gasteiger partial charge in [0.1, 0.15) is 0 Å². The number of ether oxygens (including phenoxy) is 1. The average Bonchev–Trinajstić information content (AvgIpc) is 2.34. The fourth-order valence-electron chi connectivity index (χ4n) is 1.86. The van der Waals surface area contributed by atoms with E-state index in [9.17, 15) is 0 Å². The molecule has 0 saturated heterocycles. The Morgan fingerprint density at radius 1 is 0.947 bits per heavy atom. The first-order valence-electron chi connectivity index (χ1n) is 7.32. The summed E-state index contributed by atoms with van der Waals surface area (Å²) in [5, 5.41) is 7.15. The van der Waals surface area contributed by atoms with E-state index in [2.05, 4.69) is 6.92 Å². The molecule has 0 aliphatic heterocycles. The van der Waals surface area contributed by atoms with Crippen molar-refractivity contribution in [1.29, 1.82) is 5.41 Å². The molecule has 3 N–H and O–H groups in total. The first-order chi connectivity index (χ1) is 8.77. The monoisotopic (exact) mass is 310 g/mol. The fraction of sp³-hybridized carbons (Fsp3) is 0.929. The second-order valence-corrected chi connectivity index (χ2v) is 5.68. The smallest absolute Gasteiger partial charge is 0.153 e. The Morgan fingerprint density at radius 2 is 1.42 bits per heavy atom. The van der Waals surface area contributed by atoms with Crippen molar-refractivity contribution in [1.82, 2.24) is 0 Å². The molecule has 0 aromatic rings. The van der Waals surface area contributed by atoms with Gasteiger partial charge in [0.25, 0.3) is 0 Å². The van der Waals surface area contributed by atoms with Crippen LogP contribution in [0.25, 0.3) is 0 Å². The predicted octanol–water partition coefficient (Wildman–Crippen LogP) is 4.93. The van der Waals surface area contributed by atoms with Gasteiger partial charge in [-0.3, -0.25) is 5.41 Å². The van der Waals surface area contributed by atoms with Gasteiger partial charge >= 0.3 is 0 Å². The second-order valence-electron chi connectivity index (χ2n) is 4.72. The minimum atomic E-state index is 0. The standard InChI is InChI=1S/C14H30N2OS.ClH/c1-2-3-4-5-6-7-8-9-10-11-12-17-13-18-14(15)16;/h2-13H2,1H3,(H3,15,16);1H. The highest BCUT2D eigenvalue weighted by Crippen LogP contribution is 2.10. The third kappa shape index (κ3) is 20.5. The molecule has 0 saturated carbocycles. The molecule has 0 aliphatic carbocycles. The summed E-state index contributed by atoms with van der Waals surface area (Å²) in [4.78, 5) is 0. The Bertz CT molecular complexity index is 194. The summed E-state index contributed by atoms with van der Waals surface area (Å²) < 4.78 is 5.36. The van der Waals surface area contributed by atoms with Gasteiger partial charge in [0.05, 0.1) is 5.94 Å². The Labute approximate surface area is 129 Å². The Morgan fingerprint density at radius 3 is 1.89 bits per heavy atom. The van der Waals surface area contributed by atoms with Gasteiger partial charge in [-0.1, -0.05) is 76.5 Å². The SMILES string of the molecule is CCCCCCCCCCCCOCSC(=N)N.Cl. The number of nitrogens with one attached hydrogen (secondary N) is 1. The molecule has 0 unspecified atom stereocenters. The van der Waals surface area contributed by atoms with Crippen molar-refractivity contribution in [2.75, 3.05) is 12.5 Å². The molecule has 0 heterocycles. The van der Waals surface area contributed by atoms with Crippen LogP contribution in [0.1, 0.15) is 71.1 Å². The van der Waals surface area contributed by atoms with E-state index in [0.717, 1.165) is 13.0 Å². The highest BCUT2D eigenvalue weighted by atomic mass is 35.5. The molecule has 0 aromatic heterocycles. The van der Waals surface area contributed by atoms with Gasteiger partial charge in [0.15, 0.2) is 5.17 Å². The van der Waals surface area contributed by atoms with E-state index in [4.69, 9.17) is 15.9 Å². The molecule has 0 aliphatic rings. The molecule has 3 nitrogen and oxygen atoms in total. The third-order valence-electron chi connectivity index (χ3n) is 2.94. The van der Waals surface area contributed by atoms with Crippen molar-refractivity contribution in [3.63, 3.8) is 0 Å². The van der Waals surface area contributed by atoms with Crippen molar-refractivity contribution in [2.24, 2.45) is 5.73 Å². The van der Waals surface area contributed by atoms with Gasteiger partial charge in [-0.25, -0.2) is 0 Å². The van der Waals surface area contributed by atoms with E-state index < -0.39 is 0 Å². The van der Waals surface area contributed by atoms with Crippen LogP contribution in [0.2, 0.25) is 0 Å². The van der Waals surface area contributed by atoms with E-state index in [1.54, 1.807) is 0 Å². The molecule has 0 spiro atoms. The predicted molar refractivity (Wildman–Crippen MR) is 89.4 cm³/mol. The topological polar surface area (TPSA) is 59.1 Å². The second kappa shape index (κ2) is 18.1. The van der Waals surface area contributed by atoms with Crippen molar-refractivity contribution in [3.8, 4) is 0 Å². The van der Waals surface area contributed by atoms with Crippen molar-refractivity contribution in [2.45, 2.75) is 71.1 Å². The van der Waals surface area contributed by atoms with Gasteiger partial charge in [0.2, 0.25) is 0 Å². The summed E-state index contributed by atoms with van der Waals surface area (Å²) in [5.74, 6) is 0.521. The van der Waals surface area contributed by atoms with Crippen molar-refractivity contribution >= 4 is 29.3 Å². The Kier molecular flexibility index (Phi) is 20.3. The summed E-state index contributed by atoms with van der Waals surface area (Å²) >= 11 is 1.25. The molecule has 5 heteroatoms. The number of nitrogens with two attached hydrogens (primary N) is 1. The molecule has 0 aromatic carbocycles. The molecule has 0 amide bonds. The zero-order valence-corrected chi connectivity index (χ0v) is 13.9. The number of rotatable bonds is 13. The molecule has 116 valence electrons. The lowest BCUT2D eigenvalue weighted by Gasteiger charge is -2.03. The molecule has 0 fully saturated rings. The quantitative estimate of drug-likeness (QED) is 0.219. The van der Waals surface area contributed by atoms with Crippen LogP contribution in [0.3, 0.4) is 0 Å². The zero-order valence-electron chi connectivity index (χ0n) is 12.3. The number of hydrogen-bond donors (Lipinski definition) is 2. The first kappa shape index (κ1) is 21.4.